The van der Waals surface area contributed by atoms with Gasteiger partial charge < -0.3 is 5.32 Å². The van der Waals surface area contributed by atoms with Crippen LogP contribution in [0, 0.1) is 11.7 Å². The average Bonchev–Trinajstić information content (AvgIpc) is 2.83. The molecule has 3 rings (SSSR count). The summed E-state index contributed by atoms with van der Waals surface area (Å²) in [5, 5.41) is 2.64. The number of anilines is 1. The van der Waals surface area contributed by atoms with Gasteiger partial charge in [0.05, 0.1) is 11.1 Å². The number of carbonyl (C=O) groups excluding carboxylic acids is 3. The number of amides is 3. The molecule has 0 aromatic heterocycles. The summed E-state index contributed by atoms with van der Waals surface area (Å²) in [7, 11) is 0. The number of hydrogen-bond acceptors (Lipinski definition) is 3. The van der Waals surface area contributed by atoms with Gasteiger partial charge in [-0.2, -0.15) is 0 Å². The van der Waals surface area contributed by atoms with E-state index >= 15 is 0 Å². The zero-order valence-corrected chi connectivity index (χ0v) is 13.8. The predicted octanol–water partition coefficient (Wildman–Crippen LogP) is 3.09. The van der Waals surface area contributed by atoms with Gasteiger partial charge >= 0.3 is 0 Å². The Hall–Kier alpha value is -3.02. The summed E-state index contributed by atoms with van der Waals surface area (Å²) in [6.07, 6.45) is 0. The largest absolute Gasteiger partial charge is 0.324 e. The molecular weight excluding hydrogens is 323 g/mol. The van der Waals surface area contributed by atoms with E-state index in [1.807, 2.05) is 0 Å². The minimum atomic E-state index is -0.961. The fourth-order valence-corrected chi connectivity index (χ4v) is 2.93. The third-order valence-corrected chi connectivity index (χ3v) is 4.12. The molecular formula is C19H17FN2O3. The number of rotatable bonds is 4. The Morgan fingerprint density at radius 2 is 1.48 bits per heavy atom. The van der Waals surface area contributed by atoms with Gasteiger partial charge in [0, 0.05) is 5.69 Å². The Kier molecular flexibility index (Phi) is 4.35. The lowest BCUT2D eigenvalue weighted by molar-refractivity contribution is -0.121. The van der Waals surface area contributed by atoms with Gasteiger partial charge in [-0.05, 0) is 42.3 Å². The first-order valence-electron chi connectivity index (χ1n) is 7.93. The smallest absolute Gasteiger partial charge is 0.262 e. The highest BCUT2D eigenvalue weighted by Gasteiger charge is 2.43. The number of nitrogens with one attached hydrogen (secondary N) is 1. The fourth-order valence-electron chi connectivity index (χ4n) is 2.93. The van der Waals surface area contributed by atoms with E-state index < -0.39 is 29.6 Å². The Morgan fingerprint density at radius 1 is 0.960 bits per heavy atom. The van der Waals surface area contributed by atoms with Gasteiger partial charge in [-0.25, -0.2) is 4.39 Å². The van der Waals surface area contributed by atoms with E-state index in [-0.39, 0.29) is 5.92 Å². The minimum absolute atomic E-state index is 0.289. The predicted molar refractivity (Wildman–Crippen MR) is 90.6 cm³/mol. The highest BCUT2D eigenvalue weighted by atomic mass is 19.1. The van der Waals surface area contributed by atoms with Gasteiger partial charge in [0.2, 0.25) is 5.91 Å². The molecule has 2 aromatic carbocycles. The van der Waals surface area contributed by atoms with Crippen LogP contribution < -0.4 is 5.32 Å². The van der Waals surface area contributed by atoms with Crippen molar-refractivity contribution in [2.75, 3.05) is 5.32 Å². The van der Waals surface area contributed by atoms with Crippen LogP contribution in [0.4, 0.5) is 10.1 Å². The average molecular weight is 340 g/mol. The summed E-state index contributed by atoms with van der Waals surface area (Å²) >= 11 is 0. The van der Waals surface area contributed by atoms with Crippen molar-refractivity contribution in [3.8, 4) is 0 Å². The van der Waals surface area contributed by atoms with Crippen molar-refractivity contribution >= 4 is 23.4 Å². The Labute approximate surface area is 144 Å². The van der Waals surface area contributed by atoms with E-state index in [0.29, 0.717) is 16.8 Å². The quantitative estimate of drug-likeness (QED) is 0.870. The molecule has 5 nitrogen and oxygen atoms in total. The SMILES string of the molecule is CC(C)C(C(=O)Nc1ccc(F)cc1)N1C(=O)c2ccccc2C1=O. The van der Waals surface area contributed by atoms with Gasteiger partial charge in [0.25, 0.3) is 11.8 Å². The second-order valence-electron chi connectivity index (χ2n) is 6.21. The number of hydrogen-bond donors (Lipinski definition) is 1. The third kappa shape index (κ3) is 3.03. The first-order chi connectivity index (χ1) is 11.9. The van der Waals surface area contributed by atoms with E-state index in [4.69, 9.17) is 0 Å². The zero-order chi connectivity index (χ0) is 18.1. The van der Waals surface area contributed by atoms with Gasteiger partial charge in [0.15, 0.2) is 0 Å². The van der Waals surface area contributed by atoms with Crippen LogP contribution in [0.15, 0.2) is 48.5 Å². The summed E-state index contributed by atoms with van der Waals surface area (Å²) in [5.41, 5.74) is 0.995. The van der Waals surface area contributed by atoms with Crippen LogP contribution >= 0.6 is 0 Å². The lowest BCUT2D eigenvalue weighted by Crippen LogP contribution is -2.50. The van der Waals surface area contributed by atoms with Crippen LogP contribution in [0.25, 0.3) is 0 Å². The number of nitrogens with zero attached hydrogens (tertiary/aromatic N) is 1. The number of halogens is 1. The number of imide groups is 1. The summed E-state index contributed by atoms with van der Waals surface area (Å²) in [4.78, 5) is 39.0. The summed E-state index contributed by atoms with van der Waals surface area (Å²) in [6.45, 7) is 3.52. The standard InChI is InChI=1S/C19H17FN2O3/c1-11(2)16(17(23)21-13-9-7-12(20)8-10-13)22-18(24)14-5-3-4-6-15(14)19(22)25/h3-11,16H,1-2H3,(H,21,23). The van der Waals surface area contributed by atoms with Gasteiger partial charge in [-0.1, -0.05) is 26.0 Å². The van der Waals surface area contributed by atoms with E-state index in [0.717, 1.165) is 4.90 Å². The second-order valence-corrected chi connectivity index (χ2v) is 6.21. The van der Waals surface area contributed by atoms with Gasteiger partial charge in [0.1, 0.15) is 11.9 Å². The highest BCUT2D eigenvalue weighted by molar-refractivity contribution is 6.23. The minimum Gasteiger partial charge on any atom is -0.324 e. The maximum absolute atomic E-state index is 13.0. The van der Waals surface area contributed by atoms with E-state index in [9.17, 15) is 18.8 Å². The molecule has 2 aromatic rings. The van der Waals surface area contributed by atoms with Crippen molar-refractivity contribution in [2.24, 2.45) is 5.92 Å². The number of benzene rings is 2. The monoisotopic (exact) mass is 340 g/mol. The van der Waals surface area contributed by atoms with Crippen LogP contribution in [0.5, 0.6) is 0 Å². The fraction of sp³-hybridized carbons (Fsp3) is 0.211. The maximum Gasteiger partial charge on any atom is 0.262 e. The molecule has 1 unspecified atom stereocenters. The van der Waals surface area contributed by atoms with Crippen LogP contribution in [0.2, 0.25) is 0 Å². The van der Waals surface area contributed by atoms with Crippen LogP contribution in [-0.4, -0.2) is 28.7 Å². The van der Waals surface area contributed by atoms with Crippen molar-refractivity contribution in [3.63, 3.8) is 0 Å². The summed E-state index contributed by atoms with van der Waals surface area (Å²) in [6, 6.07) is 10.8. The van der Waals surface area contributed by atoms with Gasteiger partial charge in [-0.3, -0.25) is 19.3 Å². The van der Waals surface area contributed by atoms with Crippen LogP contribution in [0.1, 0.15) is 34.6 Å². The Morgan fingerprint density at radius 3 is 1.96 bits per heavy atom. The highest BCUT2D eigenvalue weighted by Crippen LogP contribution is 2.27. The molecule has 0 radical (unpaired) electrons. The molecule has 0 aliphatic carbocycles. The topological polar surface area (TPSA) is 66.5 Å². The van der Waals surface area contributed by atoms with Crippen LogP contribution in [-0.2, 0) is 4.79 Å². The van der Waals surface area contributed by atoms with Crippen molar-refractivity contribution in [3.05, 3.63) is 65.5 Å². The molecule has 0 fully saturated rings. The van der Waals surface area contributed by atoms with E-state index in [1.54, 1.807) is 38.1 Å². The molecule has 0 saturated heterocycles. The van der Waals surface area contributed by atoms with Crippen molar-refractivity contribution < 1.29 is 18.8 Å². The van der Waals surface area contributed by atoms with E-state index in [1.165, 1.54) is 24.3 Å². The molecule has 0 saturated carbocycles. The van der Waals surface area contributed by atoms with Gasteiger partial charge in [-0.15, -0.1) is 0 Å². The molecule has 1 heterocycles. The third-order valence-electron chi connectivity index (χ3n) is 4.12. The molecule has 1 N–H and O–H groups in total. The molecule has 0 spiro atoms. The first-order valence-corrected chi connectivity index (χ1v) is 7.93. The molecule has 0 bridgehead atoms. The molecule has 1 aliphatic heterocycles. The number of fused-ring (bicyclic) bond motifs is 1. The lowest BCUT2D eigenvalue weighted by Gasteiger charge is -2.28. The normalized spacial score (nSPS) is 14.6. The van der Waals surface area contributed by atoms with Crippen molar-refractivity contribution in [1.82, 2.24) is 4.90 Å². The first kappa shape index (κ1) is 16.8. The van der Waals surface area contributed by atoms with Crippen LogP contribution in [0.3, 0.4) is 0 Å². The lowest BCUT2D eigenvalue weighted by atomic mass is 10.0. The molecule has 3 amide bonds. The Balaban J connectivity index is 1.89. The molecule has 128 valence electrons. The molecule has 25 heavy (non-hydrogen) atoms. The molecule has 1 atom stereocenters. The number of carbonyl (C=O) groups is 3. The zero-order valence-electron chi connectivity index (χ0n) is 13.8. The Bertz CT molecular complexity index is 811. The summed E-state index contributed by atoms with van der Waals surface area (Å²) in [5.74, 6) is -2.15. The summed E-state index contributed by atoms with van der Waals surface area (Å²) < 4.78 is 13.0. The molecule has 1 aliphatic rings. The van der Waals surface area contributed by atoms with Crippen molar-refractivity contribution in [1.29, 1.82) is 0 Å². The molecule has 6 heteroatoms. The van der Waals surface area contributed by atoms with E-state index in [2.05, 4.69) is 5.32 Å². The van der Waals surface area contributed by atoms with Crippen molar-refractivity contribution in [2.45, 2.75) is 19.9 Å². The second kappa shape index (κ2) is 6.47. The maximum atomic E-state index is 13.0.